The van der Waals surface area contributed by atoms with Crippen LogP contribution in [0.1, 0.15) is 23.1 Å². The Labute approximate surface area is 146 Å². The molecule has 5 heteroatoms. The van der Waals surface area contributed by atoms with Crippen molar-refractivity contribution >= 4 is 23.2 Å². The lowest BCUT2D eigenvalue weighted by molar-refractivity contribution is -0.122. The van der Waals surface area contributed by atoms with E-state index >= 15 is 0 Å². The Morgan fingerprint density at radius 2 is 1.64 bits per heavy atom. The van der Waals surface area contributed by atoms with Gasteiger partial charge in [-0.05, 0) is 61.7 Å². The van der Waals surface area contributed by atoms with E-state index in [4.69, 9.17) is 5.26 Å². The fourth-order valence-corrected chi connectivity index (χ4v) is 2.73. The molecule has 0 spiro atoms. The van der Waals surface area contributed by atoms with E-state index in [1.54, 1.807) is 24.3 Å². The van der Waals surface area contributed by atoms with Crippen LogP contribution in [-0.2, 0) is 9.59 Å². The van der Waals surface area contributed by atoms with Gasteiger partial charge in [-0.3, -0.25) is 9.59 Å². The molecule has 0 saturated heterocycles. The van der Waals surface area contributed by atoms with Gasteiger partial charge in [0.2, 0.25) is 11.8 Å². The molecule has 5 nitrogen and oxygen atoms in total. The number of nitriles is 1. The zero-order valence-corrected chi connectivity index (χ0v) is 14.2. The summed E-state index contributed by atoms with van der Waals surface area (Å²) in [6.45, 7) is 3.91. The Balaban J connectivity index is 1.57. The number of nitrogens with one attached hydrogen (secondary N) is 2. The first-order chi connectivity index (χ1) is 12.0. The Morgan fingerprint density at radius 1 is 1.00 bits per heavy atom. The number of carbonyl (C=O) groups is 2. The number of anilines is 2. The van der Waals surface area contributed by atoms with Crippen molar-refractivity contribution < 1.29 is 9.59 Å². The van der Waals surface area contributed by atoms with Gasteiger partial charge >= 0.3 is 0 Å². The van der Waals surface area contributed by atoms with Crippen LogP contribution in [0.3, 0.4) is 0 Å². The van der Waals surface area contributed by atoms with Gasteiger partial charge in [0.15, 0.2) is 0 Å². The molecule has 25 heavy (non-hydrogen) atoms. The maximum absolute atomic E-state index is 12.4. The van der Waals surface area contributed by atoms with Crippen molar-refractivity contribution in [3.63, 3.8) is 0 Å². The molecule has 1 aliphatic rings. The van der Waals surface area contributed by atoms with Crippen molar-refractivity contribution in [1.82, 2.24) is 0 Å². The van der Waals surface area contributed by atoms with Crippen LogP contribution in [-0.4, -0.2) is 11.8 Å². The van der Waals surface area contributed by atoms with Crippen LogP contribution in [0.2, 0.25) is 0 Å². The van der Waals surface area contributed by atoms with E-state index < -0.39 is 0 Å². The predicted molar refractivity (Wildman–Crippen MR) is 95.9 cm³/mol. The number of aryl methyl sites for hydroxylation is 2. The fourth-order valence-electron chi connectivity index (χ4n) is 2.73. The van der Waals surface area contributed by atoms with Crippen LogP contribution < -0.4 is 10.6 Å². The topological polar surface area (TPSA) is 82.0 Å². The number of hydrogen-bond acceptors (Lipinski definition) is 3. The van der Waals surface area contributed by atoms with Crippen molar-refractivity contribution in [1.29, 1.82) is 5.26 Å². The Hall–Kier alpha value is -3.13. The molecule has 0 aliphatic heterocycles. The molecule has 126 valence electrons. The normalized spacial score (nSPS) is 18.1. The van der Waals surface area contributed by atoms with E-state index in [-0.39, 0.29) is 23.7 Å². The second kappa shape index (κ2) is 6.78. The zero-order valence-electron chi connectivity index (χ0n) is 14.2. The summed E-state index contributed by atoms with van der Waals surface area (Å²) in [7, 11) is 0. The molecule has 2 aromatic carbocycles. The molecule has 2 unspecified atom stereocenters. The van der Waals surface area contributed by atoms with Crippen LogP contribution in [0.25, 0.3) is 0 Å². The highest BCUT2D eigenvalue weighted by Gasteiger charge is 2.48. The Kier molecular flexibility index (Phi) is 4.53. The van der Waals surface area contributed by atoms with Crippen LogP contribution in [0.5, 0.6) is 0 Å². The van der Waals surface area contributed by atoms with Gasteiger partial charge in [0.25, 0.3) is 0 Å². The van der Waals surface area contributed by atoms with Gasteiger partial charge in [-0.2, -0.15) is 5.26 Å². The third kappa shape index (κ3) is 3.86. The highest BCUT2D eigenvalue weighted by Crippen LogP contribution is 2.40. The smallest absolute Gasteiger partial charge is 0.228 e. The second-order valence-electron chi connectivity index (χ2n) is 6.43. The molecule has 0 bridgehead atoms. The van der Waals surface area contributed by atoms with Crippen LogP contribution in [0, 0.1) is 37.0 Å². The first-order valence-electron chi connectivity index (χ1n) is 8.17. The monoisotopic (exact) mass is 333 g/mol. The minimum Gasteiger partial charge on any atom is -0.326 e. The van der Waals surface area contributed by atoms with Crippen LogP contribution in [0.4, 0.5) is 11.4 Å². The largest absolute Gasteiger partial charge is 0.326 e. The van der Waals surface area contributed by atoms with Gasteiger partial charge in [-0.25, -0.2) is 0 Å². The van der Waals surface area contributed by atoms with E-state index in [1.165, 1.54) is 0 Å². The molecule has 2 atom stereocenters. The average molecular weight is 333 g/mol. The van der Waals surface area contributed by atoms with E-state index in [9.17, 15) is 9.59 Å². The number of nitrogens with zero attached hydrogens (tertiary/aromatic N) is 1. The van der Waals surface area contributed by atoms with Gasteiger partial charge < -0.3 is 10.6 Å². The fraction of sp³-hybridized carbons (Fsp3) is 0.250. The number of rotatable bonds is 4. The van der Waals surface area contributed by atoms with E-state index in [0.717, 1.165) is 16.8 Å². The molecule has 0 heterocycles. The first kappa shape index (κ1) is 16.7. The van der Waals surface area contributed by atoms with E-state index in [1.807, 2.05) is 38.1 Å². The van der Waals surface area contributed by atoms with Crippen LogP contribution in [0.15, 0.2) is 42.5 Å². The maximum Gasteiger partial charge on any atom is 0.228 e. The summed E-state index contributed by atoms with van der Waals surface area (Å²) in [5.41, 5.74) is 4.04. The number of amides is 2. The van der Waals surface area contributed by atoms with Gasteiger partial charge in [-0.15, -0.1) is 0 Å². The number of carbonyl (C=O) groups excluding carboxylic acids is 2. The first-order valence-corrected chi connectivity index (χ1v) is 8.17. The number of benzene rings is 2. The van der Waals surface area contributed by atoms with Gasteiger partial charge in [0.05, 0.1) is 23.5 Å². The van der Waals surface area contributed by atoms with Gasteiger partial charge in [-0.1, -0.05) is 12.1 Å². The Bertz CT molecular complexity index is 866. The third-order valence-corrected chi connectivity index (χ3v) is 4.40. The van der Waals surface area contributed by atoms with Crippen molar-refractivity contribution in [3.8, 4) is 6.07 Å². The average Bonchev–Trinajstić information content (AvgIpc) is 3.40. The molecule has 0 aromatic heterocycles. The lowest BCUT2D eigenvalue weighted by atomic mass is 10.1. The van der Waals surface area contributed by atoms with Gasteiger partial charge in [0.1, 0.15) is 0 Å². The molecule has 2 aromatic rings. The molecule has 0 radical (unpaired) electrons. The summed E-state index contributed by atoms with van der Waals surface area (Å²) in [5, 5.41) is 14.5. The van der Waals surface area contributed by atoms with Crippen LogP contribution >= 0.6 is 0 Å². The summed E-state index contributed by atoms with van der Waals surface area (Å²) in [4.78, 5) is 24.6. The molecule has 1 saturated carbocycles. The third-order valence-electron chi connectivity index (χ3n) is 4.40. The molecule has 3 rings (SSSR count). The quantitative estimate of drug-likeness (QED) is 0.900. The minimum atomic E-state index is -0.305. The summed E-state index contributed by atoms with van der Waals surface area (Å²) < 4.78 is 0. The van der Waals surface area contributed by atoms with E-state index in [0.29, 0.717) is 17.7 Å². The predicted octanol–water partition coefficient (Wildman–Crippen LogP) is 3.39. The molecular formula is C20H19N3O2. The maximum atomic E-state index is 12.4. The number of hydrogen-bond donors (Lipinski definition) is 2. The van der Waals surface area contributed by atoms with Crippen molar-refractivity contribution in [2.24, 2.45) is 11.8 Å². The SMILES string of the molecule is Cc1ccc(C)c(NC(=O)C2CC2C(=O)Nc2ccc(C#N)cc2)c1. The highest BCUT2D eigenvalue weighted by atomic mass is 16.2. The van der Waals surface area contributed by atoms with Gasteiger partial charge in [0, 0.05) is 11.4 Å². The highest BCUT2D eigenvalue weighted by molar-refractivity contribution is 6.03. The summed E-state index contributed by atoms with van der Waals surface area (Å²) in [6, 6.07) is 14.6. The summed E-state index contributed by atoms with van der Waals surface area (Å²) >= 11 is 0. The Morgan fingerprint density at radius 3 is 2.28 bits per heavy atom. The van der Waals surface area contributed by atoms with E-state index in [2.05, 4.69) is 10.6 Å². The minimum absolute atomic E-state index is 0.117. The molecule has 2 amide bonds. The molecule has 2 N–H and O–H groups in total. The second-order valence-corrected chi connectivity index (χ2v) is 6.43. The molecule has 1 aliphatic carbocycles. The lowest BCUT2D eigenvalue weighted by Crippen LogP contribution is -2.21. The standard InChI is InChI=1S/C20H19N3O2/c1-12-3-4-13(2)18(9-12)23-20(25)17-10-16(17)19(24)22-15-7-5-14(11-21)6-8-15/h3-9,16-17H,10H2,1-2H3,(H,22,24)(H,23,25). The summed E-state index contributed by atoms with van der Waals surface area (Å²) in [5.74, 6) is -0.876. The van der Waals surface area contributed by atoms with Crippen molar-refractivity contribution in [2.75, 3.05) is 10.6 Å². The molecular weight excluding hydrogens is 314 g/mol. The van der Waals surface area contributed by atoms with Crippen molar-refractivity contribution in [2.45, 2.75) is 20.3 Å². The molecule has 1 fully saturated rings. The zero-order chi connectivity index (χ0) is 18.0. The van der Waals surface area contributed by atoms with Crippen molar-refractivity contribution in [3.05, 3.63) is 59.2 Å². The lowest BCUT2D eigenvalue weighted by Gasteiger charge is -2.09. The summed E-state index contributed by atoms with van der Waals surface area (Å²) in [6.07, 6.45) is 0.554.